The molecule has 1 unspecified atom stereocenters. The van der Waals surface area contributed by atoms with Gasteiger partial charge in [-0.3, -0.25) is 4.79 Å². The maximum atomic E-state index is 11.4. The lowest BCUT2D eigenvalue weighted by atomic mass is 9.88. The lowest BCUT2D eigenvalue weighted by molar-refractivity contribution is -0.148. The molecule has 0 N–H and O–H groups in total. The van der Waals surface area contributed by atoms with E-state index in [9.17, 15) is 4.79 Å². The highest BCUT2D eigenvalue weighted by Crippen LogP contribution is 2.20. The van der Waals surface area contributed by atoms with Gasteiger partial charge in [0.05, 0.1) is 24.5 Å². The SMILES string of the molecule is CCOC(=O)C(C)[C@@H](C#N)CC(C)C. The van der Waals surface area contributed by atoms with Gasteiger partial charge in [0, 0.05) is 0 Å². The number of hydrogen-bond donors (Lipinski definition) is 0. The van der Waals surface area contributed by atoms with Crippen LogP contribution in [-0.4, -0.2) is 12.6 Å². The second-order valence-corrected chi connectivity index (χ2v) is 3.91. The molecule has 0 aliphatic carbocycles. The average molecular weight is 197 g/mol. The van der Waals surface area contributed by atoms with E-state index in [2.05, 4.69) is 6.07 Å². The van der Waals surface area contributed by atoms with Gasteiger partial charge >= 0.3 is 5.97 Å². The Labute approximate surface area is 86.1 Å². The first-order valence-corrected chi connectivity index (χ1v) is 5.09. The third kappa shape index (κ3) is 4.27. The van der Waals surface area contributed by atoms with E-state index in [0.29, 0.717) is 12.5 Å². The number of hydrogen-bond acceptors (Lipinski definition) is 3. The molecule has 0 aliphatic rings. The van der Waals surface area contributed by atoms with Gasteiger partial charge in [0.15, 0.2) is 0 Å². The Hall–Kier alpha value is -1.04. The molecule has 0 aliphatic heterocycles. The monoisotopic (exact) mass is 197 g/mol. The summed E-state index contributed by atoms with van der Waals surface area (Å²) < 4.78 is 4.88. The average Bonchev–Trinajstić information content (AvgIpc) is 2.13. The molecule has 0 aromatic carbocycles. The Bertz CT molecular complexity index is 218. The molecule has 3 heteroatoms. The summed E-state index contributed by atoms with van der Waals surface area (Å²) in [5.41, 5.74) is 0. The van der Waals surface area contributed by atoms with Crippen molar-refractivity contribution in [2.75, 3.05) is 6.61 Å². The highest BCUT2D eigenvalue weighted by Gasteiger charge is 2.25. The highest BCUT2D eigenvalue weighted by molar-refractivity contribution is 5.72. The minimum absolute atomic E-state index is 0.228. The molecular weight excluding hydrogens is 178 g/mol. The summed E-state index contributed by atoms with van der Waals surface area (Å²) in [5.74, 6) is -0.382. The van der Waals surface area contributed by atoms with Crippen molar-refractivity contribution in [1.82, 2.24) is 0 Å². The Morgan fingerprint density at radius 3 is 2.36 bits per heavy atom. The van der Waals surface area contributed by atoms with Crippen LogP contribution in [0.4, 0.5) is 0 Å². The first-order chi connectivity index (χ1) is 6.52. The van der Waals surface area contributed by atoms with Crippen molar-refractivity contribution < 1.29 is 9.53 Å². The number of rotatable bonds is 5. The molecule has 14 heavy (non-hydrogen) atoms. The van der Waals surface area contributed by atoms with Crippen LogP contribution in [0, 0.1) is 29.1 Å². The lowest BCUT2D eigenvalue weighted by Crippen LogP contribution is -2.23. The number of ether oxygens (including phenoxy) is 1. The summed E-state index contributed by atoms with van der Waals surface area (Å²) in [7, 11) is 0. The molecule has 0 aromatic heterocycles. The second-order valence-electron chi connectivity index (χ2n) is 3.91. The van der Waals surface area contributed by atoms with E-state index in [1.165, 1.54) is 0 Å². The van der Waals surface area contributed by atoms with Gasteiger partial charge in [0.2, 0.25) is 0 Å². The van der Waals surface area contributed by atoms with Crippen LogP contribution >= 0.6 is 0 Å². The topological polar surface area (TPSA) is 50.1 Å². The maximum Gasteiger partial charge on any atom is 0.309 e. The molecule has 0 saturated carbocycles. The number of carbonyl (C=O) groups excluding carboxylic acids is 1. The van der Waals surface area contributed by atoms with Gasteiger partial charge in [0.25, 0.3) is 0 Å². The van der Waals surface area contributed by atoms with E-state index in [0.717, 1.165) is 6.42 Å². The first kappa shape index (κ1) is 13.0. The number of esters is 1. The number of carbonyl (C=O) groups is 1. The van der Waals surface area contributed by atoms with Crippen LogP contribution in [0.15, 0.2) is 0 Å². The van der Waals surface area contributed by atoms with Crippen molar-refractivity contribution in [3.8, 4) is 6.07 Å². The van der Waals surface area contributed by atoms with Crippen molar-refractivity contribution in [3.63, 3.8) is 0 Å². The quantitative estimate of drug-likeness (QED) is 0.636. The summed E-state index contributed by atoms with van der Waals surface area (Å²) >= 11 is 0. The molecule has 0 fully saturated rings. The Morgan fingerprint density at radius 2 is 2.00 bits per heavy atom. The normalized spacial score (nSPS) is 14.6. The van der Waals surface area contributed by atoms with Crippen LogP contribution in [0.2, 0.25) is 0 Å². The van der Waals surface area contributed by atoms with Crippen molar-refractivity contribution in [1.29, 1.82) is 5.26 Å². The molecule has 0 spiro atoms. The van der Waals surface area contributed by atoms with Gasteiger partial charge in [-0.2, -0.15) is 5.26 Å². The van der Waals surface area contributed by atoms with E-state index in [1.54, 1.807) is 13.8 Å². The van der Waals surface area contributed by atoms with Gasteiger partial charge in [-0.1, -0.05) is 20.8 Å². The van der Waals surface area contributed by atoms with E-state index < -0.39 is 0 Å². The zero-order valence-corrected chi connectivity index (χ0v) is 9.41. The van der Waals surface area contributed by atoms with Crippen LogP contribution in [0.1, 0.15) is 34.1 Å². The summed E-state index contributed by atoms with van der Waals surface area (Å²) in [4.78, 5) is 11.4. The second kappa shape index (κ2) is 6.42. The summed E-state index contributed by atoms with van der Waals surface area (Å²) in [6.07, 6.45) is 0.747. The third-order valence-electron chi connectivity index (χ3n) is 2.15. The molecule has 80 valence electrons. The summed E-state index contributed by atoms with van der Waals surface area (Å²) in [5, 5.41) is 8.90. The van der Waals surface area contributed by atoms with Gasteiger partial charge in [-0.25, -0.2) is 0 Å². The standard InChI is InChI=1S/C11H19NO2/c1-5-14-11(13)9(4)10(7-12)6-8(2)3/h8-10H,5-6H2,1-4H3/t9?,10-/m1/s1. The number of nitrogens with zero attached hydrogens (tertiary/aromatic N) is 1. The minimum Gasteiger partial charge on any atom is -0.466 e. The van der Waals surface area contributed by atoms with Gasteiger partial charge in [-0.05, 0) is 19.3 Å². The van der Waals surface area contributed by atoms with Gasteiger partial charge in [-0.15, -0.1) is 0 Å². The Balaban J connectivity index is 4.24. The molecule has 0 rings (SSSR count). The highest BCUT2D eigenvalue weighted by atomic mass is 16.5. The van der Waals surface area contributed by atoms with Crippen molar-refractivity contribution in [2.24, 2.45) is 17.8 Å². The van der Waals surface area contributed by atoms with Crippen molar-refractivity contribution in [3.05, 3.63) is 0 Å². The molecule has 0 radical (unpaired) electrons. The minimum atomic E-state index is -0.317. The third-order valence-corrected chi connectivity index (χ3v) is 2.15. The fourth-order valence-electron chi connectivity index (χ4n) is 1.31. The lowest BCUT2D eigenvalue weighted by Gasteiger charge is -2.17. The molecule has 0 amide bonds. The zero-order chi connectivity index (χ0) is 11.1. The molecule has 3 nitrogen and oxygen atoms in total. The number of nitriles is 1. The van der Waals surface area contributed by atoms with E-state index in [-0.39, 0.29) is 17.8 Å². The fourth-order valence-corrected chi connectivity index (χ4v) is 1.31. The van der Waals surface area contributed by atoms with E-state index in [4.69, 9.17) is 10.00 Å². The Morgan fingerprint density at radius 1 is 1.43 bits per heavy atom. The van der Waals surface area contributed by atoms with Crippen LogP contribution in [0.5, 0.6) is 0 Å². The summed E-state index contributed by atoms with van der Waals surface area (Å²) in [6.45, 7) is 8.00. The largest absolute Gasteiger partial charge is 0.466 e. The van der Waals surface area contributed by atoms with Crippen molar-refractivity contribution in [2.45, 2.75) is 34.1 Å². The molecule has 0 saturated heterocycles. The Kier molecular flexibility index (Phi) is 5.94. The smallest absolute Gasteiger partial charge is 0.309 e. The molecule has 0 heterocycles. The van der Waals surface area contributed by atoms with Gasteiger partial charge < -0.3 is 4.74 Å². The first-order valence-electron chi connectivity index (χ1n) is 5.09. The molecule has 2 atom stereocenters. The van der Waals surface area contributed by atoms with Crippen LogP contribution in [0.3, 0.4) is 0 Å². The van der Waals surface area contributed by atoms with Crippen LogP contribution in [-0.2, 0) is 9.53 Å². The maximum absolute atomic E-state index is 11.4. The van der Waals surface area contributed by atoms with Crippen LogP contribution in [0.25, 0.3) is 0 Å². The van der Waals surface area contributed by atoms with E-state index in [1.807, 2.05) is 13.8 Å². The molecule has 0 aromatic rings. The summed E-state index contributed by atoms with van der Waals surface area (Å²) in [6, 6.07) is 2.17. The van der Waals surface area contributed by atoms with E-state index >= 15 is 0 Å². The molecule has 0 bridgehead atoms. The van der Waals surface area contributed by atoms with Crippen LogP contribution < -0.4 is 0 Å². The molecular formula is C11H19NO2. The zero-order valence-electron chi connectivity index (χ0n) is 9.41. The predicted molar refractivity (Wildman–Crippen MR) is 54.4 cm³/mol. The predicted octanol–water partition coefficient (Wildman–Crippen LogP) is 2.37. The van der Waals surface area contributed by atoms with Crippen molar-refractivity contribution >= 4 is 5.97 Å². The fraction of sp³-hybridized carbons (Fsp3) is 0.818. The van der Waals surface area contributed by atoms with Gasteiger partial charge in [0.1, 0.15) is 0 Å².